The van der Waals surface area contributed by atoms with Gasteiger partial charge in [-0.3, -0.25) is 4.79 Å². The zero-order chi connectivity index (χ0) is 10.7. The maximum Gasteiger partial charge on any atom is 0.136 e. The summed E-state index contributed by atoms with van der Waals surface area (Å²) in [6.07, 6.45) is 8.02. The van der Waals surface area contributed by atoms with Gasteiger partial charge in [0.05, 0.1) is 6.10 Å². The lowest BCUT2D eigenvalue weighted by atomic mass is 9.77. The van der Waals surface area contributed by atoms with E-state index in [0.29, 0.717) is 17.8 Å². The standard InChI is InChI=1S/C13H22O2/c1-2-10-5-6-13(14)11(8-10)9-12-4-3-7-15-12/h10-12H,2-9H2,1H3. The summed E-state index contributed by atoms with van der Waals surface area (Å²) in [5.74, 6) is 1.59. The van der Waals surface area contributed by atoms with E-state index in [1.54, 1.807) is 0 Å². The molecule has 15 heavy (non-hydrogen) atoms. The van der Waals surface area contributed by atoms with Gasteiger partial charge in [0.25, 0.3) is 0 Å². The van der Waals surface area contributed by atoms with Crippen molar-refractivity contribution in [1.29, 1.82) is 0 Å². The van der Waals surface area contributed by atoms with E-state index in [1.165, 1.54) is 19.3 Å². The minimum atomic E-state index is 0.312. The van der Waals surface area contributed by atoms with Crippen molar-refractivity contribution in [1.82, 2.24) is 0 Å². The minimum Gasteiger partial charge on any atom is -0.378 e. The van der Waals surface area contributed by atoms with Crippen molar-refractivity contribution < 1.29 is 9.53 Å². The molecule has 1 aliphatic carbocycles. The SMILES string of the molecule is CCC1CCC(=O)C(CC2CCCO2)C1. The second-order valence-corrected chi connectivity index (χ2v) is 5.08. The minimum absolute atomic E-state index is 0.312. The lowest BCUT2D eigenvalue weighted by Crippen LogP contribution is -2.28. The van der Waals surface area contributed by atoms with Gasteiger partial charge in [0.1, 0.15) is 5.78 Å². The van der Waals surface area contributed by atoms with Crippen LogP contribution in [0.4, 0.5) is 0 Å². The van der Waals surface area contributed by atoms with Crippen LogP contribution >= 0.6 is 0 Å². The first kappa shape index (κ1) is 11.1. The lowest BCUT2D eigenvalue weighted by molar-refractivity contribution is -0.126. The molecule has 2 nitrogen and oxygen atoms in total. The highest BCUT2D eigenvalue weighted by Crippen LogP contribution is 2.33. The van der Waals surface area contributed by atoms with Gasteiger partial charge in [-0.15, -0.1) is 0 Å². The zero-order valence-electron chi connectivity index (χ0n) is 9.71. The van der Waals surface area contributed by atoms with Crippen LogP contribution in [0.3, 0.4) is 0 Å². The number of Topliss-reactive ketones (excluding diaryl/α,β-unsaturated/α-hetero) is 1. The normalized spacial score (nSPS) is 37.1. The van der Waals surface area contributed by atoms with Crippen LogP contribution < -0.4 is 0 Å². The van der Waals surface area contributed by atoms with E-state index in [1.807, 2.05) is 0 Å². The molecule has 0 aromatic rings. The third-order valence-electron chi connectivity index (χ3n) is 4.02. The molecular weight excluding hydrogens is 188 g/mol. The quantitative estimate of drug-likeness (QED) is 0.716. The molecule has 1 aliphatic heterocycles. The van der Waals surface area contributed by atoms with Crippen LogP contribution in [0.1, 0.15) is 51.9 Å². The summed E-state index contributed by atoms with van der Waals surface area (Å²) in [6, 6.07) is 0. The molecule has 2 aliphatic rings. The molecule has 1 saturated carbocycles. The Balaban J connectivity index is 1.85. The van der Waals surface area contributed by atoms with Gasteiger partial charge in [0.15, 0.2) is 0 Å². The first-order valence-corrected chi connectivity index (χ1v) is 6.44. The van der Waals surface area contributed by atoms with Gasteiger partial charge in [0, 0.05) is 18.9 Å². The molecule has 2 fully saturated rings. The van der Waals surface area contributed by atoms with Crippen molar-refractivity contribution in [2.45, 2.75) is 58.0 Å². The lowest BCUT2D eigenvalue weighted by Gasteiger charge is -2.28. The maximum atomic E-state index is 11.8. The summed E-state index contributed by atoms with van der Waals surface area (Å²) < 4.78 is 5.62. The number of carbonyl (C=O) groups is 1. The van der Waals surface area contributed by atoms with Crippen molar-refractivity contribution in [3.05, 3.63) is 0 Å². The van der Waals surface area contributed by atoms with E-state index in [2.05, 4.69) is 6.92 Å². The van der Waals surface area contributed by atoms with Crippen LogP contribution in [0.15, 0.2) is 0 Å². The van der Waals surface area contributed by atoms with Crippen LogP contribution in [-0.2, 0) is 9.53 Å². The van der Waals surface area contributed by atoms with E-state index >= 15 is 0 Å². The summed E-state index contributed by atoms with van der Waals surface area (Å²) in [5.41, 5.74) is 0. The fourth-order valence-corrected chi connectivity index (χ4v) is 2.95. The van der Waals surface area contributed by atoms with Crippen molar-refractivity contribution in [3.63, 3.8) is 0 Å². The van der Waals surface area contributed by atoms with E-state index in [0.717, 1.165) is 38.2 Å². The molecule has 0 aromatic heterocycles. The number of hydrogen-bond donors (Lipinski definition) is 0. The van der Waals surface area contributed by atoms with E-state index in [4.69, 9.17) is 4.74 Å². The van der Waals surface area contributed by atoms with Gasteiger partial charge in [-0.1, -0.05) is 13.3 Å². The second-order valence-electron chi connectivity index (χ2n) is 5.08. The summed E-state index contributed by atoms with van der Waals surface area (Å²) in [4.78, 5) is 11.8. The fraction of sp³-hybridized carbons (Fsp3) is 0.923. The third-order valence-corrected chi connectivity index (χ3v) is 4.02. The Bertz CT molecular complexity index is 219. The molecule has 0 amide bonds. The largest absolute Gasteiger partial charge is 0.378 e. The molecule has 0 radical (unpaired) electrons. The average Bonchev–Trinajstić information content (AvgIpc) is 2.74. The highest BCUT2D eigenvalue weighted by atomic mass is 16.5. The van der Waals surface area contributed by atoms with E-state index in [9.17, 15) is 4.79 Å². The van der Waals surface area contributed by atoms with E-state index < -0.39 is 0 Å². The first-order chi connectivity index (χ1) is 7.29. The molecule has 0 bridgehead atoms. The van der Waals surface area contributed by atoms with Crippen LogP contribution in [0, 0.1) is 11.8 Å². The van der Waals surface area contributed by atoms with Gasteiger partial charge in [-0.25, -0.2) is 0 Å². The molecule has 1 heterocycles. The molecule has 3 unspecified atom stereocenters. The summed E-state index contributed by atoms with van der Waals surface area (Å²) in [7, 11) is 0. The second kappa shape index (κ2) is 5.11. The predicted octanol–water partition coefficient (Wildman–Crippen LogP) is 2.95. The van der Waals surface area contributed by atoms with Gasteiger partial charge >= 0.3 is 0 Å². The number of ether oxygens (including phenoxy) is 1. The molecule has 86 valence electrons. The van der Waals surface area contributed by atoms with Crippen molar-refractivity contribution in [2.24, 2.45) is 11.8 Å². The molecular formula is C13H22O2. The number of carbonyl (C=O) groups excluding carboxylic acids is 1. The molecule has 0 aromatic carbocycles. The molecule has 1 saturated heterocycles. The van der Waals surface area contributed by atoms with Crippen molar-refractivity contribution in [3.8, 4) is 0 Å². The van der Waals surface area contributed by atoms with Crippen molar-refractivity contribution in [2.75, 3.05) is 6.61 Å². The van der Waals surface area contributed by atoms with Crippen LogP contribution in [0.5, 0.6) is 0 Å². The zero-order valence-corrected chi connectivity index (χ0v) is 9.71. The van der Waals surface area contributed by atoms with Gasteiger partial charge in [-0.05, 0) is 38.0 Å². The smallest absolute Gasteiger partial charge is 0.136 e. The van der Waals surface area contributed by atoms with Crippen LogP contribution in [0.25, 0.3) is 0 Å². The van der Waals surface area contributed by atoms with Gasteiger partial charge in [-0.2, -0.15) is 0 Å². The molecule has 0 N–H and O–H groups in total. The highest BCUT2D eigenvalue weighted by molar-refractivity contribution is 5.81. The predicted molar refractivity (Wildman–Crippen MR) is 59.7 cm³/mol. The first-order valence-electron chi connectivity index (χ1n) is 6.44. The fourth-order valence-electron chi connectivity index (χ4n) is 2.95. The van der Waals surface area contributed by atoms with Crippen molar-refractivity contribution >= 4 is 5.78 Å². The Morgan fingerprint density at radius 1 is 1.40 bits per heavy atom. The Hall–Kier alpha value is -0.370. The Morgan fingerprint density at radius 3 is 2.93 bits per heavy atom. The number of hydrogen-bond acceptors (Lipinski definition) is 2. The summed E-state index contributed by atoms with van der Waals surface area (Å²) in [5, 5.41) is 0. The molecule has 0 spiro atoms. The van der Waals surface area contributed by atoms with E-state index in [-0.39, 0.29) is 0 Å². The summed E-state index contributed by atoms with van der Waals surface area (Å²) in [6.45, 7) is 3.15. The Kier molecular flexibility index (Phi) is 3.79. The molecule has 3 atom stereocenters. The average molecular weight is 210 g/mol. The maximum absolute atomic E-state index is 11.8. The van der Waals surface area contributed by atoms with Crippen LogP contribution in [-0.4, -0.2) is 18.5 Å². The third kappa shape index (κ3) is 2.81. The van der Waals surface area contributed by atoms with Gasteiger partial charge < -0.3 is 4.74 Å². The molecule has 2 heteroatoms. The number of ketones is 1. The monoisotopic (exact) mass is 210 g/mol. The topological polar surface area (TPSA) is 26.3 Å². The molecule has 2 rings (SSSR count). The van der Waals surface area contributed by atoms with Crippen LogP contribution in [0.2, 0.25) is 0 Å². The van der Waals surface area contributed by atoms with Gasteiger partial charge in [0.2, 0.25) is 0 Å². The Labute approximate surface area is 92.4 Å². The summed E-state index contributed by atoms with van der Waals surface area (Å²) >= 11 is 0. The number of rotatable bonds is 3. The highest BCUT2D eigenvalue weighted by Gasteiger charge is 2.30. The Morgan fingerprint density at radius 2 is 2.27 bits per heavy atom.